The summed E-state index contributed by atoms with van der Waals surface area (Å²) in [6, 6.07) is 16.6. The molecule has 1 aliphatic rings. The number of ether oxygens (including phenoxy) is 1. The maximum absolute atomic E-state index is 14.8. The second-order valence-electron chi connectivity index (χ2n) is 7.23. The highest BCUT2D eigenvalue weighted by Gasteiger charge is 2.47. The third-order valence-corrected chi connectivity index (χ3v) is 5.22. The summed E-state index contributed by atoms with van der Waals surface area (Å²) in [6.45, 7) is 2.24. The Bertz CT molecular complexity index is 1190. The molecule has 1 aromatic heterocycles. The molecule has 1 atom stereocenters. The Labute approximate surface area is 184 Å². The maximum Gasteiger partial charge on any atom is 0.296 e. The van der Waals surface area contributed by atoms with Gasteiger partial charge in [-0.25, -0.2) is 4.39 Å². The van der Waals surface area contributed by atoms with E-state index < -0.39 is 23.5 Å². The molecule has 1 unspecified atom stereocenters. The summed E-state index contributed by atoms with van der Waals surface area (Å²) in [7, 11) is 0. The predicted octanol–water partition coefficient (Wildman–Crippen LogP) is 4.24. The molecule has 4 rings (SSSR count). The summed E-state index contributed by atoms with van der Waals surface area (Å²) in [5, 5.41) is 11.1. The number of hydrogen-bond acceptors (Lipinski definition) is 5. The molecule has 2 heterocycles. The number of rotatable bonds is 6. The summed E-state index contributed by atoms with van der Waals surface area (Å²) in [5.74, 6) is -2.18. The Balaban J connectivity index is 1.87. The molecule has 32 heavy (non-hydrogen) atoms. The number of carbonyl (C=O) groups is 2. The van der Waals surface area contributed by atoms with Crippen LogP contribution in [-0.2, 0) is 16.1 Å². The second kappa shape index (κ2) is 9.01. The second-order valence-corrected chi connectivity index (χ2v) is 7.23. The maximum atomic E-state index is 14.8. The number of benzene rings is 2. The molecule has 0 aliphatic carbocycles. The van der Waals surface area contributed by atoms with Crippen molar-refractivity contribution in [1.82, 2.24) is 9.88 Å². The van der Waals surface area contributed by atoms with E-state index in [0.29, 0.717) is 23.6 Å². The van der Waals surface area contributed by atoms with E-state index in [1.807, 2.05) is 6.92 Å². The molecule has 1 aliphatic heterocycles. The van der Waals surface area contributed by atoms with Gasteiger partial charge in [-0.1, -0.05) is 36.4 Å². The van der Waals surface area contributed by atoms with Gasteiger partial charge in [0, 0.05) is 17.3 Å². The van der Waals surface area contributed by atoms with Gasteiger partial charge in [0.25, 0.3) is 11.7 Å². The van der Waals surface area contributed by atoms with E-state index in [1.54, 1.807) is 54.7 Å². The summed E-state index contributed by atoms with van der Waals surface area (Å²) in [5.41, 5.74) is 0.775. The van der Waals surface area contributed by atoms with Crippen molar-refractivity contribution in [3.05, 3.63) is 101 Å². The number of carbonyl (C=O) groups excluding carboxylic acids is 2. The molecule has 2 aromatic carbocycles. The van der Waals surface area contributed by atoms with Gasteiger partial charge in [-0.15, -0.1) is 0 Å². The SMILES string of the molecule is CCOc1cccc(/C(O)=C2/C(=O)C(=O)N(Cc3ccccn3)C2c2ccccc2F)c1. The fourth-order valence-corrected chi connectivity index (χ4v) is 3.78. The standard InChI is InChI=1S/C25H21FN2O4/c1-2-32-18-10-7-8-16(14-18)23(29)21-22(19-11-3-4-12-20(19)26)28(25(31)24(21)30)15-17-9-5-6-13-27-17/h3-14,22,29H,2,15H2,1H3/b23-21-. The van der Waals surface area contributed by atoms with E-state index in [1.165, 1.54) is 23.1 Å². The van der Waals surface area contributed by atoms with Crippen molar-refractivity contribution < 1.29 is 23.8 Å². The highest BCUT2D eigenvalue weighted by atomic mass is 19.1. The van der Waals surface area contributed by atoms with Crippen molar-refractivity contribution in [2.24, 2.45) is 0 Å². The van der Waals surface area contributed by atoms with Crippen LogP contribution in [0.25, 0.3) is 5.76 Å². The Morgan fingerprint density at radius 3 is 2.59 bits per heavy atom. The van der Waals surface area contributed by atoms with Gasteiger partial charge in [0.15, 0.2) is 0 Å². The van der Waals surface area contributed by atoms with Crippen molar-refractivity contribution in [2.75, 3.05) is 6.61 Å². The van der Waals surface area contributed by atoms with E-state index in [9.17, 15) is 19.1 Å². The molecule has 162 valence electrons. The van der Waals surface area contributed by atoms with Crippen LogP contribution in [0.3, 0.4) is 0 Å². The van der Waals surface area contributed by atoms with Gasteiger partial charge in [0.05, 0.1) is 30.5 Å². The first kappa shape index (κ1) is 21.2. The summed E-state index contributed by atoms with van der Waals surface area (Å²) < 4.78 is 20.3. The van der Waals surface area contributed by atoms with Crippen LogP contribution in [0.1, 0.15) is 29.8 Å². The molecule has 0 bridgehead atoms. The molecule has 1 saturated heterocycles. The van der Waals surface area contributed by atoms with Gasteiger partial charge >= 0.3 is 0 Å². The van der Waals surface area contributed by atoms with Crippen LogP contribution >= 0.6 is 0 Å². The van der Waals surface area contributed by atoms with Crippen molar-refractivity contribution in [2.45, 2.75) is 19.5 Å². The molecule has 0 saturated carbocycles. The highest BCUT2D eigenvalue weighted by molar-refractivity contribution is 6.46. The van der Waals surface area contributed by atoms with Crippen LogP contribution in [-0.4, -0.2) is 33.3 Å². The first-order chi connectivity index (χ1) is 15.5. The van der Waals surface area contributed by atoms with Gasteiger partial charge < -0.3 is 14.7 Å². The number of aliphatic hydroxyl groups excluding tert-OH is 1. The number of Topliss-reactive ketones (excluding diaryl/α,β-unsaturated/α-hetero) is 1. The monoisotopic (exact) mass is 432 g/mol. The fourth-order valence-electron chi connectivity index (χ4n) is 3.78. The quantitative estimate of drug-likeness (QED) is 0.358. The minimum absolute atomic E-state index is 0.0137. The van der Waals surface area contributed by atoms with E-state index in [4.69, 9.17) is 4.74 Å². The lowest BCUT2D eigenvalue weighted by atomic mass is 9.95. The Hall–Kier alpha value is -4.00. The van der Waals surface area contributed by atoms with Crippen LogP contribution in [0, 0.1) is 5.82 Å². The van der Waals surface area contributed by atoms with Gasteiger partial charge in [-0.05, 0) is 37.3 Å². The topological polar surface area (TPSA) is 79.7 Å². The minimum Gasteiger partial charge on any atom is -0.507 e. The van der Waals surface area contributed by atoms with Gasteiger partial charge in [-0.2, -0.15) is 0 Å². The molecule has 1 amide bonds. The zero-order valence-corrected chi connectivity index (χ0v) is 17.4. The van der Waals surface area contributed by atoms with Crippen LogP contribution in [0.2, 0.25) is 0 Å². The van der Waals surface area contributed by atoms with Crippen molar-refractivity contribution in [3.63, 3.8) is 0 Å². The van der Waals surface area contributed by atoms with E-state index in [-0.39, 0.29) is 23.4 Å². The molecule has 6 nitrogen and oxygen atoms in total. The summed E-state index contributed by atoms with van der Waals surface area (Å²) in [4.78, 5) is 31.5. The lowest BCUT2D eigenvalue weighted by molar-refractivity contribution is -0.140. The largest absolute Gasteiger partial charge is 0.507 e. The number of likely N-dealkylation sites (tertiary alicyclic amines) is 1. The Kier molecular flexibility index (Phi) is 5.98. The fraction of sp³-hybridized carbons (Fsp3) is 0.160. The smallest absolute Gasteiger partial charge is 0.296 e. The Morgan fingerprint density at radius 1 is 1.09 bits per heavy atom. The first-order valence-corrected chi connectivity index (χ1v) is 10.2. The molecule has 7 heteroatoms. The number of hydrogen-bond donors (Lipinski definition) is 1. The highest BCUT2D eigenvalue weighted by Crippen LogP contribution is 2.41. The molecule has 1 N–H and O–H groups in total. The minimum atomic E-state index is -1.10. The number of pyridine rings is 1. The molecular weight excluding hydrogens is 411 g/mol. The third kappa shape index (κ3) is 3.97. The third-order valence-electron chi connectivity index (χ3n) is 5.22. The zero-order valence-electron chi connectivity index (χ0n) is 17.4. The molecular formula is C25H21FN2O4. The van der Waals surface area contributed by atoms with Crippen LogP contribution < -0.4 is 4.74 Å². The van der Waals surface area contributed by atoms with Gasteiger partial charge in [0.1, 0.15) is 17.3 Å². The number of aliphatic hydroxyl groups is 1. The van der Waals surface area contributed by atoms with E-state index in [0.717, 1.165) is 0 Å². The summed E-state index contributed by atoms with van der Waals surface area (Å²) >= 11 is 0. The van der Waals surface area contributed by atoms with Crippen molar-refractivity contribution >= 4 is 17.4 Å². The van der Waals surface area contributed by atoms with Crippen molar-refractivity contribution in [3.8, 4) is 5.75 Å². The number of amides is 1. The van der Waals surface area contributed by atoms with E-state index in [2.05, 4.69) is 4.98 Å². The lowest BCUT2D eigenvalue weighted by Gasteiger charge is -2.25. The first-order valence-electron chi connectivity index (χ1n) is 10.2. The number of aromatic nitrogens is 1. The van der Waals surface area contributed by atoms with Gasteiger partial charge in [-0.3, -0.25) is 14.6 Å². The average molecular weight is 432 g/mol. The number of halogens is 1. The van der Waals surface area contributed by atoms with Crippen LogP contribution in [0.4, 0.5) is 4.39 Å². The van der Waals surface area contributed by atoms with E-state index >= 15 is 0 Å². The number of ketones is 1. The predicted molar refractivity (Wildman–Crippen MR) is 116 cm³/mol. The van der Waals surface area contributed by atoms with Gasteiger partial charge in [0.2, 0.25) is 0 Å². The lowest BCUT2D eigenvalue weighted by Crippen LogP contribution is -2.30. The summed E-state index contributed by atoms with van der Waals surface area (Å²) in [6.07, 6.45) is 1.57. The average Bonchev–Trinajstić information content (AvgIpc) is 3.05. The molecule has 0 spiro atoms. The zero-order chi connectivity index (χ0) is 22.7. The van der Waals surface area contributed by atoms with Crippen molar-refractivity contribution in [1.29, 1.82) is 0 Å². The Morgan fingerprint density at radius 2 is 1.88 bits per heavy atom. The van der Waals surface area contributed by atoms with Crippen LogP contribution in [0.15, 0.2) is 78.5 Å². The molecule has 0 radical (unpaired) electrons. The molecule has 3 aromatic rings. The molecule has 1 fully saturated rings. The van der Waals surface area contributed by atoms with Crippen LogP contribution in [0.5, 0.6) is 5.75 Å². The number of nitrogens with zero attached hydrogens (tertiary/aromatic N) is 2. The normalized spacial score (nSPS) is 17.6.